The van der Waals surface area contributed by atoms with Crippen LogP contribution in [-0.4, -0.2) is 18.7 Å². The zero-order chi connectivity index (χ0) is 12.0. The van der Waals surface area contributed by atoms with Gasteiger partial charge in [0.2, 0.25) is 0 Å². The number of hydrogen-bond acceptors (Lipinski definition) is 2. The Balaban J connectivity index is 2.62. The van der Waals surface area contributed by atoms with Crippen molar-refractivity contribution in [3.63, 3.8) is 0 Å². The molecule has 0 aliphatic rings. The molecule has 0 saturated heterocycles. The molecule has 0 fully saturated rings. The maximum absolute atomic E-state index is 5.89. The molecule has 2 nitrogen and oxygen atoms in total. The molecule has 3 heteroatoms. The van der Waals surface area contributed by atoms with E-state index >= 15 is 0 Å². The second-order valence-electron chi connectivity index (χ2n) is 3.60. The van der Waals surface area contributed by atoms with Crippen molar-refractivity contribution in [3.8, 4) is 5.75 Å². The maximum atomic E-state index is 5.89. The molecule has 0 aromatic heterocycles. The van der Waals surface area contributed by atoms with Crippen molar-refractivity contribution in [2.45, 2.75) is 26.0 Å². The number of benzene rings is 1. The summed E-state index contributed by atoms with van der Waals surface area (Å²) in [6.07, 6.45) is 1.88. The summed E-state index contributed by atoms with van der Waals surface area (Å²) < 4.78 is 5.78. The molecule has 0 aliphatic carbocycles. The topological polar surface area (TPSA) is 21.3 Å². The van der Waals surface area contributed by atoms with Gasteiger partial charge < -0.3 is 10.1 Å². The van der Waals surface area contributed by atoms with Crippen molar-refractivity contribution in [3.05, 3.63) is 41.9 Å². The summed E-state index contributed by atoms with van der Waals surface area (Å²) in [5.41, 5.74) is 0. The third-order valence-electron chi connectivity index (χ3n) is 2.32. The van der Waals surface area contributed by atoms with Gasteiger partial charge in [-0.25, -0.2) is 0 Å². The monoisotopic (exact) mass is 239 g/mol. The van der Waals surface area contributed by atoms with Crippen LogP contribution in [0.1, 0.15) is 13.8 Å². The molecule has 1 rings (SSSR count). The van der Waals surface area contributed by atoms with Crippen LogP contribution in [0.2, 0.25) is 5.02 Å². The smallest absolute Gasteiger partial charge is 0.121 e. The highest BCUT2D eigenvalue weighted by Crippen LogP contribution is 2.19. The van der Waals surface area contributed by atoms with Gasteiger partial charge in [-0.05, 0) is 31.7 Å². The average molecular weight is 240 g/mol. The fourth-order valence-electron chi connectivity index (χ4n) is 1.50. The molecule has 0 saturated carbocycles. The fourth-order valence-corrected chi connectivity index (χ4v) is 1.69. The lowest BCUT2D eigenvalue weighted by Crippen LogP contribution is -2.39. The van der Waals surface area contributed by atoms with E-state index in [1.165, 1.54) is 0 Å². The predicted octanol–water partition coefficient (Wildman–Crippen LogP) is 3.27. The Morgan fingerprint density at radius 2 is 2.31 bits per heavy atom. The largest absolute Gasteiger partial charge is 0.489 e. The SMILES string of the molecule is C=CC(NCC)C(C)Oc1cccc(Cl)c1. The summed E-state index contributed by atoms with van der Waals surface area (Å²) in [6.45, 7) is 8.75. The van der Waals surface area contributed by atoms with Crippen molar-refractivity contribution in [1.82, 2.24) is 5.32 Å². The van der Waals surface area contributed by atoms with E-state index in [9.17, 15) is 0 Å². The summed E-state index contributed by atoms with van der Waals surface area (Å²) >= 11 is 5.89. The van der Waals surface area contributed by atoms with E-state index in [2.05, 4.69) is 18.8 Å². The van der Waals surface area contributed by atoms with Gasteiger partial charge in [0.05, 0.1) is 6.04 Å². The highest BCUT2D eigenvalue weighted by Gasteiger charge is 2.14. The quantitative estimate of drug-likeness (QED) is 0.770. The fraction of sp³-hybridized carbons (Fsp3) is 0.385. The molecule has 0 amide bonds. The van der Waals surface area contributed by atoms with Crippen LogP contribution in [-0.2, 0) is 0 Å². The third-order valence-corrected chi connectivity index (χ3v) is 2.55. The van der Waals surface area contributed by atoms with Gasteiger partial charge in [-0.1, -0.05) is 30.7 Å². The molecular formula is C13H18ClNO. The molecule has 2 unspecified atom stereocenters. The number of rotatable bonds is 6. The summed E-state index contributed by atoms with van der Waals surface area (Å²) in [7, 11) is 0. The minimum atomic E-state index is 0.0240. The summed E-state index contributed by atoms with van der Waals surface area (Å²) in [5, 5.41) is 3.97. The van der Waals surface area contributed by atoms with E-state index in [-0.39, 0.29) is 12.1 Å². The Bertz CT molecular complexity index is 340. The normalized spacial score (nSPS) is 14.2. The van der Waals surface area contributed by atoms with Gasteiger partial charge in [0.25, 0.3) is 0 Å². The van der Waals surface area contributed by atoms with Gasteiger partial charge in [0.15, 0.2) is 0 Å². The molecule has 1 aromatic rings. The van der Waals surface area contributed by atoms with Crippen LogP contribution in [0.3, 0.4) is 0 Å². The van der Waals surface area contributed by atoms with Crippen LogP contribution in [0.25, 0.3) is 0 Å². The molecule has 0 radical (unpaired) electrons. The van der Waals surface area contributed by atoms with E-state index < -0.39 is 0 Å². The molecule has 0 aliphatic heterocycles. The summed E-state index contributed by atoms with van der Waals surface area (Å²) in [4.78, 5) is 0. The third kappa shape index (κ3) is 3.87. The lowest BCUT2D eigenvalue weighted by Gasteiger charge is -2.22. The van der Waals surface area contributed by atoms with Crippen LogP contribution in [0.4, 0.5) is 0 Å². The first-order chi connectivity index (χ1) is 7.67. The van der Waals surface area contributed by atoms with E-state index in [4.69, 9.17) is 16.3 Å². The van der Waals surface area contributed by atoms with Crippen molar-refractivity contribution in [1.29, 1.82) is 0 Å². The zero-order valence-corrected chi connectivity index (χ0v) is 10.5. The molecule has 1 N–H and O–H groups in total. The maximum Gasteiger partial charge on any atom is 0.121 e. The molecule has 0 spiro atoms. The van der Waals surface area contributed by atoms with Gasteiger partial charge >= 0.3 is 0 Å². The Labute approximate surface area is 102 Å². The summed E-state index contributed by atoms with van der Waals surface area (Å²) in [6, 6.07) is 7.55. The van der Waals surface area contributed by atoms with Crippen LogP contribution < -0.4 is 10.1 Å². The van der Waals surface area contributed by atoms with Crippen LogP contribution >= 0.6 is 11.6 Å². The molecule has 16 heavy (non-hydrogen) atoms. The van der Waals surface area contributed by atoms with E-state index in [0.717, 1.165) is 12.3 Å². The minimum absolute atomic E-state index is 0.0240. The van der Waals surface area contributed by atoms with E-state index in [0.29, 0.717) is 5.02 Å². The number of halogens is 1. The van der Waals surface area contributed by atoms with Crippen molar-refractivity contribution in [2.75, 3.05) is 6.54 Å². The van der Waals surface area contributed by atoms with Crippen LogP contribution in [0.5, 0.6) is 5.75 Å². The van der Waals surface area contributed by atoms with Gasteiger partial charge in [-0.15, -0.1) is 6.58 Å². The van der Waals surface area contributed by atoms with Gasteiger partial charge in [0.1, 0.15) is 11.9 Å². The molecule has 0 heterocycles. The molecule has 2 atom stereocenters. The molecule has 88 valence electrons. The predicted molar refractivity (Wildman–Crippen MR) is 69.2 cm³/mol. The lowest BCUT2D eigenvalue weighted by molar-refractivity contribution is 0.191. The first-order valence-electron chi connectivity index (χ1n) is 5.45. The number of ether oxygens (including phenoxy) is 1. The second-order valence-corrected chi connectivity index (χ2v) is 4.04. The molecule has 0 bridgehead atoms. The highest BCUT2D eigenvalue weighted by atomic mass is 35.5. The van der Waals surface area contributed by atoms with Crippen molar-refractivity contribution in [2.24, 2.45) is 0 Å². The average Bonchev–Trinajstić information content (AvgIpc) is 2.25. The Morgan fingerprint density at radius 3 is 2.88 bits per heavy atom. The van der Waals surface area contributed by atoms with Crippen LogP contribution in [0, 0.1) is 0 Å². The van der Waals surface area contributed by atoms with Crippen molar-refractivity contribution >= 4 is 11.6 Å². The van der Waals surface area contributed by atoms with Gasteiger partial charge in [0, 0.05) is 5.02 Å². The Morgan fingerprint density at radius 1 is 1.56 bits per heavy atom. The Hall–Kier alpha value is -0.990. The summed E-state index contributed by atoms with van der Waals surface area (Å²) in [5.74, 6) is 0.782. The van der Waals surface area contributed by atoms with Crippen molar-refractivity contribution < 1.29 is 4.74 Å². The van der Waals surface area contributed by atoms with Crippen LogP contribution in [0.15, 0.2) is 36.9 Å². The lowest BCUT2D eigenvalue weighted by atomic mass is 10.2. The standard InChI is InChI=1S/C13H18ClNO/c1-4-13(15-5-2)10(3)16-12-8-6-7-11(14)9-12/h4,6-10,13,15H,1,5H2,2-3H3. The molecule has 1 aromatic carbocycles. The molecular weight excluding hydrogens is 222 g/mol. The van der Waals surface area contributed by atoms with Gasteiger partial charge in [-0.3, -0.25) is 0 Å². The number of nitrogens with one attached hydrogen (secondary N) is 1. The van der Waals surface area contributed by atoms with Gasteiger partial charge in [-0.2, -0.15) is 0 Å². The number of likely N-dealkylation sites (N-methyl/N-ethyl adjacent to an activating group) is 1. The minimum Gasteiger partial charge on any atom is -0.489 e. The Kier molecular flexibility index (Phi) is 5.36. The second kappa shape index (κ2) is 6.56. The first kappa shape index (κ1) is 13.1. The highest BCUT2D eigenvalue weighted by molar-refractivity contribution is 6.30. The number of hydrogen-bond donors (Lipinski definition) is 1. The van der Waals surface area contributed by atoms with E-state index in [1.807, 2.05) is 37.3 Å². The first-order valence-corrected chi connectivity index (χ1v) is 5.83. The zero-order valence-electron chi connectivity index (χ0n) is 9.74. The van der Waals surface area contributed by atoms with E-state index in [1.54, 1.807) is 0 Å².